The van der Waals surface area contributed by atoms with Crippen molar-refractivity contribution >= 4 is 26.7 Å². The maximum Gasteiger partial charge on any atom is 0.181 e. The zero-order valence-corrected chi connectivity index (χ0v) is 19.2. The van der Waals surface area contributed by atoms with Crippen molar-refractivity contribution in [3.63, 3.8) is 0 Å². The maximum absolute atomic E-state index is 5.88. The molecule has 0 spiro atoms. The first-order valence-electron chi connectivity index (χ1n) is 10.6. The Morgan fingerprint density at radius 1 is 1.03 bits per heavy atom. The largest absolute Gasteiger partial charge is 0.457 e. The van der Waals surface area contributed by atoms with Gasteiger partial charge in [-0.25, -0.2) is 9.97 Å². The first-order valence-corrected chi connectivity index (χ1v) is 11.4. The van der Waals surface area contributed by atoms with Crippen molar-refractivity contribution < 1.29 is 4.74 Å². The molecule has 0 atom stereocenters. The van der Waals surface area contributed by atoms with Crippen molar-refractivity contribution in [3.05, 3.63) is 77.6 Å². The van der Waals surface area contributed by atoms with E-state index in [2.05, 4.69) is 46.1 Å². The van der Waals surface area contributed by atoms with E-state index < -0.39 is 0 Å². The molecule has 1 aliphatic carbocycles. The molecule has 2 heterocycles. The molecule has 0 fully saturated rings. The lowest BCUT2D eigenvalue weighted by Crippen LogP contribution is -2.10. The number of hydrogen-bond donors (Lipinski definition) is 1. The van der Waals surface area contributed by atoms with Crippen LogP contribution in [0.15, 0.2) is 60.8 Å². The van der Waals surface area contributed by atoms with Crippen molar-refractivity contribution in [2.45, 2.75) is 19.3 Å². The van der Waals surface area contributed by atoms with E-state index in [0.717, 1.165) is 16.0 Å². The van der Waals surface area contributed by atoms with Gasteiger partial charge in [-0.05, 0) is 68.6 Å². The molecule has 2 aromatic carbocycles. The highest BCUT2D eigenvalue weighted by Crippen LogP contribution is 2.30. The summed E-state index contributed by atoms with van der Waals surface area (Å²) in [6.07, 6.45) is 5.66. The fourth-order valence-corrected chi connectivity index (χ4v) is 4.23. The van der Waals surface area contributed by atoms with E-state index in [1.54, 1.807) is 17.3 Å². The minimum Gasteiger partial charge on any atom is -0.457 e. The van der Waals surface area contributed by atoms with Gasteiger partial charge in [0.2, 0.25) is 0 Å². The van der Waals surface area contributed by atoms with Crippen LogP contribution in [0.1, 0.15) is 23.2 Å². The summed E-state index contributed by atoms with van der Waals surface area (Å²) in [7, 11) is 3.95. The predicted molar refractivity (Wildman–Crippen MR) is 132 cm³/mol. The van der Waals surface area contributed by atoms with Gasteiger partial charge in [0.1, 0.15) is 17.2 Å². The molecule has 0 bridgehead atoms. The maximum atomic E-state index is 5.88. The Morgan fingerprint density at radius 3 is 2.53 bits per heavy atom. The number of ether oxygens (including phenoxy) is 1. The van der Waals surface area contributed by atoms with E-state index in [1.165, 1.54) is 30.6 Å². The van der Waals surface area contributed by atoms with Crippen LogP contribution in [0.5, 0.6) is 11.5 Å². The number of nitrogens with two attached hydrogens (primary N) is 1. The van der Waals surface area contributed by atoms with Crippen molar-refractivity contribution in [1.82, 2.24) is 14.9 Å². The Kier molecular flexibility index (Phi) is 7.00. The number of aryl methyl sites for hydroxylation is 2. The summed E-state index contributed by atoms with van der Waals surface area (Å²) >= 11 is 1.44. The third kappa shape index (κ3) is 5.85. The van der Waals surface area contributed by atoms with Crippen LogP contribution in [0.2, 0.25) is 0 Å². The van der Waals surface area contributed by atoms with Crippen LogP contribution in [0.4, 0.5) is 5.13 Å². The molecule has 0 amide bonds. The Balaban J connectivity index is 0.000000225. The Labute approximate surface area is 192 Å². The van der Waals surface area contributed by atoms with Gasteiger partial charge in [-0.1, -0.05) is 41.5 Å². The highest BCUT2D eigenvalue weighted by Gasteiger charge is 2.07. The summed E-state index contributed by atoms with van der Waals surface area (Å²) < 4.78 is 6.88. The number of nitrogen functional groups attached to an aromatic ring is 1. The topological polar surface area (TPSA) is 64.3 Å². The van der Waals surface area contributed by atoms with Gasteiger partial charge in [0.25, 0.3) is 0 Å². The number of anilines is 1. The third-order valence-electron chi connectivity index (χ3n) is 4.97. The lowest BCUT2D eigenvalue weighted by molar-refractivity contribution is 0.464. The quantitative estimate of drug-likeness (QED) is 0.444. The average Bonchev–Trinajstić information content (AvgIpc) is 3.39. The summed E-state index contributed by atoms with van der Waals surface area (Å²) in [6.45, 7) is 0.691. The van der Waals surface area contributed by atoms with Crippen molar-refractivity contribution in [2.75, 3.05) is 26.4 Å². The molecular formula is C26H26N4OS. The van der Waals surface area contributed by atoms with Gasteiger partial charge < -0.3 is 10.5 Å². The lowest BCUT2D eigenvalue weighted by atomic mass is 10.1. The molecule has 2 N–H and O–H groups in total. The van der Waals surface area contributed by atoms with E-state index in [9.17, 15) is 0 Å². The number of aromatic nitrogens is 2. The van der Waals surface area contributed by atoms with E-state index >= 15 is 0 Å². The zero-order valence-electron chi connectivity index (χ0n) is 18.3. The Morgan fingerprint density at radius 2 is 1.78 bits per heavy atom. The number of thiazole rings is 1. The molecule has 1 aliphatic rings. The molecule has 6 heteroatoms. The fraction of sp³-hybridized carbons (Fsp3) is 0.231. The SMILES string of the molecule is CN(C)CC#Cc1cc(Oc2ccc3nc(N)sc3c2)ccn1.c1ccc2c(c1)CCC2. The fourth-order valence-electron chi connectivity index (χ4n) is 3.47. The number of fused-ring (bicyclic) bond motifs is 2. The molecule has 162 valence electrons. The molecular weight excluding hydrogens is 416 g/mol. The third-order valence-corrected chi connectivity index (χ3v) is 5.81. The van der Waals surface area contributed by atoms with E-state index in [4.69, 9.17) is 10.5 Å². The van der Waals surface area contributed by atoms with Gasteiger partial charge in [-0.3, -0.25) is 4.90 Å². The Hall–Kier alpha value is -3.40. The standard InChI is InChI=1S/C17H16N4OS.C9H10/c1-21(2)9-3-4-12-10-14(7-8-19-12)22-13-5-6-15-16(11-13)23-17(18)20-15;1-2-5-9-7-3-6-8(9)4-1/h5-8,10-11H,9H2,1-2H3,(H2,18,20);1-2,4-5H,3,6-7H2. The predicted octanol–water partition coefficient (Wildman–Crippen LogP) is 5.15. The van der Waals surface area contributed by atoms with Crippen molar-refractivity contribution in [3.8, 4) is 23.3 Å². The smallest absolute Gasteiger partial charge is 0.181 e. The summed E-state index contributed by atoms with van der Waals surface area (Å²) in [5, 5.41) is 0.555. The van der Waals surface area contributed by atoms with Crippen LogP contribution < -0.4 is 10.5 Å². The second kappa shape index (κ2) is 10.3. The summed E-state index contributed by atoms with van der Waals surface area (Å²) in [4.78, 5) is 10.5. The first kappa shape index (κ1) is 21.8. The summed E-state index contributed by atoms with van der Waals surface area (Å²) in [5.41, 5.74) is 10.4. The van der Waals surface area contributed by atoms with Gasteiger partial charge in [0, 0.05) is 18.3 Å². The highest BCUT2D eigenvalue weighted by atomic mass is 32.1. The number of rotatable bonds is 3. The molecule has 32 heavy (non-hydrogen) atoms. The minimum absolute atomic E-state index is 0.555. The summed E-state index contributed by atoms with van der Waals surface area (Å²) in [6, 6.07) is 18.1. The van der Waals surface area contributed by atoms with Crippen LogP contribution in [0, 0.1) is 11.8 Å². The Bertz CT molecular complexity index is 1250. The lowest BCUT2D eigenvalue weighted by Gasteiger charge is -2.05. The van der Waals surface area contributed by atoms with Gasteiger partial charge in [0.05, 0.1) is 16.8 Å². The molecule has 5 rings (SSSR count). The van der Waals surface area contributed by atoms with Gasteiger partial charge in [-0.15, -0.1) is 0 Å². The molecule has 0 unspecified atom stereocenters. The number of hydrogen-bond acceptors (Lipinski definition) is 6. The van der Waals surface area contributed by atoms with Crippen LogP contribution >= 0.6 is 11.3 Å². The second-order valence-corrected chi connectivity index (χ2v) is 8.88. The van der Waals surface area contributed by atoms with Crippen LogP contribution in [0.25, 0.3) is 10.2 Å². The number of benzene rings is 2. The van der Waals surface area contributed by atoms with Crippen LogP contribution in [0.3, 0.4) is 0 Å². The minimum atomic E-state index is 0.555. The molecule has 0 saturated carbocycles. The molecule has 5 nitrogen and oxygen atoms in total. The molecule has 0 saturated heterocycles. The highest BCUT2D eigenvalue weighted by molar-refractivity contribution is 7.22. The monoisotopic (exact) mass is 442 g/mol. The van der Waals surface area contributed by atoms with E-state index in [1.807, 2.05) is 49.3 Å². The first-order chi connectivity index (χ1) is 15.6. The second-order valence-electron chi connectivity index (χ2n) is 7.82. The van der Waals surface area contributed by atoms with Gasteiger partial charge in [0.15, 0.2) is 5.13 Å². The van der Waals surface area contributed by atoms with Gasteiger partial charge in [-0.2, -0.15) is 0 Å². The van der Waals surface area contributed by atoms with E-state index in [0.29, 0.717) is 23.1 Å². The molecule has 4 aromatic rings. The van der Waals surface area contributed by atoms with Crippen molar-refractivity contribution in [2.24, 2.45) is 0 Å². The molecule has 2 aromatic heterocycles. The van der Waals surface area contributed by atoms with Crippen LogP contribution in [-0.4, -0.2) is 35.5 Å². The van der Waals surface area contributed by atoms with E-state index in [-0.39, 0.29) is 0 Å². The average molecular weight is 443 g/mol. The molecule has 0 radical (unpaired) electrons. The molecule has 0 aliphatic heterocycles. The number of nitrogens with zero attached hydrogens (tertiary/aromatic N) is 3. The van der Waals surface area contributed by atoms with Crippen LogP contribution in [-0.2, 0) is 12.8 Å². The van der Waals surface area contributed by atoms with Crippen molar-refractivity contribution in [1.29, 1.82) is 0 Å². The summed E-state index contributed by atoms with van der Waals surface area (Å²) in [5.74, 6) is 7.52. The zero-order chi connectivity index (χ0) is 22.3. The normalized spacial score (nSPS) is 12.0. The van der Waals surface area contributed by atoms with Gasteiger partial charge >= 0.3 is 0 Å². The number of pyridine rings is 1.